The van der Waals surface area contributed by atoms with E-state index in [1.165, 1.54) is 19.3 Å². The molecule has 21 heavy (non-hydrogen) atoms. The fourth-order valence-electron chi connectivity index (χ4n) is 4.05. The van der Waals surface area contributed by atoms with Crippen LogP contribution in [0.1, 0.15) is 65.7 Å². The number of rotatable bonds is 2. The summed E-state index contributed by atoms with van der Waals surface area (Å²) >= 11 is 0. The molecule has 0 aromatic rings. The Balaban J connectivity index is 1.64. The van der Waals surface area contributed by atoms with E-state index in [-0.39, 0.29) is 17.6 Å². The number of carbonyl (C=O) groups excluding carboxylic acids is 1. The van der Waals surface area contributed by atoms with Crippen molar-refractivity contribution in [1.82, 2.24) is 4.90 Å². The van der Waals surface area contributed by atoms with Crippen LogP contribution in [0.5, 0.6) is 0 Å². The van der Waals surface area contributed by atoms with Crippen LogP contribution < -0.4 is 0 Å². The summed E-state index contributed by atoms with van der Waals surface area (Å²) in [5.74, 6) is -0.0332. The van der Waals surface area contributed by atoms with Gasteiger partial charge < -0.3 is 9.47 Å². The van der Waals surface area contributed by atoms with Crippen LogP contribution in [0.25, 0.3) is 0 Å². The predicted molar refractivity (Wildman–Crippen MR) is 81.1 cm³/mol. The van der Waals surface area contributed by atoms with Gasteiger partial charge >= 0.3 is 5.97 Å². The number of hydrogen-bond acceptors (Lipinski definition) is 4. The number of carbonyl (C=O) groups is 1. The van der Waals surface area contributed by atoms with Crippen LogP contribution in [0, 0.1) is 0 Å². The van der Waals surface area contributed by atoms with Gasteiger partial charge in [-0.2, -0.15) is 0 Å². The highest BCUT2D eigenvalue weighted by atomic mass is 16.6. The molecule has 0 N–H and O–H groups in total. The molecular formula is C17H29NO3. The second kappa shape index (κ2) is 5.54. The Morgan fingerprint density at radius 3 is 2.62 bits per heavy atom. The van der Waals surface area contributed by atoms with Crippen molar-refractivity contribution in [2.75, 3.05) is 13.2 Å². The summed E-state index contributed by atoms with van der Waals surface area (Å²) in [6.45, 7) is 7.72. The highest BCUT2D eigenvalue weighted by Gasteiger charge is 2.47. The van der Waals surface area contributed by atoms with Gasteiger partial charge in [0.1, 0.15) is 11.6 Å². The van der Waals surface area contributed by atoms with E-state index < -0.39 is 5.60 Å². The van der Waals surface area contributed by atoms with Gasteiger partial charge in [-0.25, -0.2) is 0 Å². The maximum atomic E-state index is 12.5. The second-order valence-corrected chi connectivity index (χ2v) is 7.96. The lowest BCUT2D eigenvalue weighted by Crippen LogP contribution is -2.54. The molecule has 0 bridgehead atoms. The molecule has 1 unspecified atom stereocenters. The van der Waals surface area contributed by atoms with Gasteiger partial charge in [0.05, 0.1) is 5.60 Å². The van der Waals surface area contributed by atoms with Crippen LogP contribution in [-0.4, -0.2) is 47.3 Å². The number of esters is 1. The molecule has 2 heterocycles. The van der Waals surface area contributed by atoms with Gasteiger partial charge in [0, 0.05) is 12.6 Å². The summed E-state index contributed by atoms with van der Waals surface area (Å²) in [7, 11) is 0. The molecule has 3 rings (SSSR count). The zero-order valence-electron chi connectivity index (χ0n) is 13.7. The van der Waals surface area contributed by atoms with Gasteiger partial charge in [0.15, 0.2) is 0 Å². The summed E-state index contributed by atoms with van der Waals surface area (Å²) in [5, 5.41) is 0. The quantitative estimate of drug-likeness (QED) is 0.734. The Labute approximate surface area is 128 Å². The average molecular weight is 295 g/mol. The molecule has 0 aromatic carbocycles. The van der Waals surface area contributed by atoms with Crippen molar-refractivity contribution in [3.8, 4) is 0 Å². The minimum Gasteiger partial charge on any atom is -0.459 e. The smallest absolute Gasteiger partial charge is 0.323 e. The maximum Gasteiger partial charge on any atom is 0.323 e. The normalized spacial score (nSPS) is 32.9. The van der Waals surface area contributed by atoms with E-state index in [2.05, 4.69) is 4.90 Å². The highest BCUT2D eigenvalue weighted by molar-refractivity contribution is 5.76. The lowest BCUT2D eigenvalue weighted by atomic mass is 9.73. The molecule has 2 atom stereocenters. The van der Waals surface area contributed by atoms with Crippen molar-refractivity contribution >= 4 is 5.97 Å². The van der Waals surface area contributed by atoms with Crippen LogP contribution in [-0.2, 0) is 14.3 Å². The maximum absolute atomic E-state index is 12.5. The topological polar surface area (TPSA) is 38.8 Å². The van der Waals surface area contributed by atoms with Crippen LogP contribution in [0.3, 0.4) is 0 Å². The second-order valence-electron chi connectivity index (χ2n) is 7.96. The Morgan fingerprint density at radius 1 is 1.24 bits per heavy atom. The van der Waals surface area contributed by atoms with E-state index in [1.807, 2.05) is 20.8 Å². The zero-order chi connectivity index (χ0) is 15.1. The highest BCUT2D eigenvalue weighted by Crippen LogP contribution is 2.44. The van der Waals surface area contributed by atoms with Crippen molar-refractivity contribution in [2.45, 2.75) is 89.0 Å². The fraction of sp³-hybridized carbons (Fsp3) is 0.941. The molecule has 3 aliphatic rings. The van der Waals surface area contributed by atoms with Crippen molar-refractivity contribution in [3.63, 3.8) is 0 Å². The first kappa shape index (κ1) is 15.3. The molecule has 2 saturated heterocycles. The van der Waals surface area contributed by atoms with E-state index in [4.69, 9.17) is 9.47 Å². The van der Waals surface area contributed by atoms with Crippen LogP contribution in [0.2, 0.25) is 0 Å². The van der Waals surface area contributed by atoms with Gasteiger partial charge in [-0.15, -0.1) is 0 Å². The molecule has 1 saturated carbocycles. The zero-order valence-corrected chi connectivity index (χ0v) is 13.7. The SMILES string of the molecule is CC(C)(C)OC(=O)[C@H]1CCCN1C1CCOC2(CCC2)C1. The minimum atomic E-state index is -0.393. The summed E-state index contributed by atoms with van der Waals surface area (Å²) in [6.07, 6.45) is 7.91. The summed E-state index contributed by atoms with van der Waals surface area (Å²) in [5.41, 5.74) is -0.250. The molecule has 0 aromatic heterocycles. The van der Waals surface area contributed by atoms with Crippen LogP contribution in [0.4, 0.5) is 0 Å². The lowest BCUT2D eigenvalue weighted by molar-refractivity contribution is -0.169. The summed E-state index contributed by atoms with van der Waals surface area (Å²) in [6, 6.07) is 0.462. The minimum absolute atomic E-state index is 0.0332. The first-order valence-corrected chi connectivity index (χ1v) is 8.51. The monoisotopic (exact) mass is 295 g/mol. The van der Waals surface area contributed by atoms with Crippen LogP contribution in [0.15, 0.2) is 0 Å². The molecule has 4 nitrogen and oxygen atoms in total. The van der Waals surface area contributed by atoms with Gasteiger partial charge in [-0.05, 0) is 72.3 Å². The Hall–Kier alpha value is -0.610. The number of ether oxygens (including phenoxy) is 2. The number of hydrogen-bond donors (Lipinski definition) is 0. The van der Waals surface area contributed by atoms with Gasteiger partial charge in [0.2, 0.25) is 0 Å². The number of likely N-dealkylation sites (tertiary alicyclic amines) is 1. The molecule has 2 aliphatic heterocycles. The Bertz CT molecular complexity index is 397. The van der Waals surface area contributed by atoms with E-state index in [0.717, 1.165) is 38.8 Å². The van der Waals surface area contributed by atoms with Crippen molar-refractivity contribution in [3.05, 3.63) is 0 Å². The molecule has 1 spiro atoms. The molecule has 4 heteroatoms. The molecule has 0 amide bonds. The first-order valence-electron chi connectivity index (χ1n) is 8.51. The lowest BCUT2D eigenvalue weighted by Gasteiger charge is -2.49. The summed E-state index contributed by atoms with van der Waals surface area (Å²) < 4.78 is 11.6. The van der Waals surface area contributed by atoms with E-state index in [9.17, 15) is 4.79 Å². The molecule has 3 fully saturated rings. The third-order valence-electron chi connectivity index (χ3n) is 5.17. The van der Waals surface area contributed by atoms with Gasteiger partial charge in [-0.1, -0.05) is 0 Å². The third-order valence-corrected chi connectivity index (χ3v) is 5.17. The largest absolute Gasteiger partial charge is 0.459 e. The van der Waals surface area contributed by atoms with Gasteiger partial charge in [-0.3, -0.25) is 9.69 Å². The van der Waals surface area contributed by atoms with E-state index in [1.54, 1.807) is 0 Å². The van der Waals surface area contributed by atoms with E-state index >= 15 is 0 Å². The fourth-order valence-corrected chi connectivity index (χ4v) is 4.05. The van der Waals surface area contributed by atoms with Crippen LogP contribution >= 0.6 is 0 Å². The van der Waals surface area contributed by atoms with Crippen molar-refractivity contribution in [2.24, 2.45) is 0 Å². The summed E-state index contributed by atoms with van der Waals surface area (Å²) in [4.78, 5) is 14.9. The predicted octanol–water partition coefficient (Wildman–Crippen LogP) is 2.89. The van der Waals surface area contributed by atoms with E-state index in [0.29, 0.717) is 6.04 Å². The third kappa shape index (κ3) is 3.26. The molecular weight excluding hydrogens is 266 g/mol. The molecule has 0 radical (unpaired) electrons. The Morgan fingerprint density at radius 2 is 2.00 bits per heavy atom. The van der Waals surface area contributed by atoms with Crippen molar-refractivity contribution < 1.29 is 14.3 Å². The first-order chi connectivity index (χ1) is 9.89. The van der Waals surface area contributed by atoms with Crippen molar-refractivity contribution in [1.29, 1.82) is 0 Å². The average Bonchev–Trinajstić information content (AvgIpc) is 2.84. The Kier molecular flexibility index (Phi) is 4.04. The van der Waals surface area contributed by atoms with Gasteiger partial charge in [0.25, 0.3) is 0 Å². The molecule has 120 valence electrons. The number of nitrogens with zero attached hydrogens (tertiary/aromatic N) is 1. The molecule has 1 aliphatic carbocycles. The standard InChI is InChI=1S/C17H29NO3/c1-16(2,3)21-15(19)14-6-4-10-18(14)13-7-11-20-17(12-13)8-5-9-17/h13-14H,4-12H2,1-3H3/t13?,14-/m1/s1.